The number of fused-ring (bicyclic) bond motifs is 1. The quantitative estimate of drug-likeness (QED) is 0.675. The second-order valence-electron chi connectivity index (χ2n) is 3.93. The summed E-state index contributed by atoms with van der Waals surface area (Å²) < 4.78 is 1.82. The number of rotatable bonds is 3. The van der Waals surface area contributed by atoms with Crippen molar-refractivity contribution >= 4 is 17.2 Å². The molecular weight excluding hydrogens is 228 g/mol. The van der Waals surface area contributed by atoms with Gasteiger partial charge in [-0.3, -0.25) is 4.40 Å². The van der Waals surface area contributed by atoms with E-state index in [1.54, 1.807) is 12.5 Å². The molecule has 0 saturated heterocycles. The van der Waals surface area contributed by atoms with Crippen molar-refractivity contribution in [3.63, 3.8) is 0 Å². The Bertz CT molecular complexity index is 658. The predicted molar refractivity (Wildman–Crippen MR) is 69.0 cm³/mol. The van der Waals surface area contributed by atoms with E-state index in [1.807, 2.05) is 34.9 Å². The van der Waals surface area contributed by atoms with E-state index in [2.05, 4.69) is 20.5 Å². The van der Waals surface area contributed by atoms with Crippen LogP contribution in [0.1, 0.15) is 5.56 Å². The molecule has 0 aliphatic carbocycles. The summed E-state index contributed by atoms with van der Waals surface area (Å²) in [6.45, 7) is 0.666. The highest BCUT2D eigenvalue weighted by Gasteiger charge is 2.03. The molecule has 0 aliphatic heterocycles. The van der Waals surface area contributed by atoms with Gasteiger partial charge in [0.05, 0.1) is 0 Å². The molecule has 0 fully saturated rings. The number of anilines is 2. The molecule has 3 aromatic rings. The molecule has 0 unspecified atom stereocenters. The lowest BCUT2D eigenvalue weighted by Gasteiger charge is -2.06. The van der Waals surface area contributed by atoms with E-state index in [9.17, 15) is 0 Å². The standard InChI is InChI=1S/C12H12N6/c13-10-3-1-9(2-4-10)7-15-11-12-17-16-8-18(12)6-5-14-11/h1-6,8H,7,13H2,(H,14,15). The third-order valence-corrected chi connectivity index (χ3v) is 2.66. The molecule has 0 aliphatic rings. The number of hydrogen-bond donors (Lipinski definition) is 2. The molecule has 2 aromatic heterocycles. The summed E-state index contributed by atoms with van der Waals surface area (Å²) in [5.41, 5.74) is 8.25. The number of nitrogens with two attached hydrogens (primary N) is 1. The maximum atomic E-state index is 5.64. The zero-order valence-electron chi connectivity index (χ0n) is 9.61. The Balaban J connectivity index is 1.80. The van der Waals surface area contributed by atoms with Gasteiger partial charge in [-0.2, -0.15) is 0 Å². The topological polar surface area (TPSA) is 81.1 Å². The molecule has 3 rings (SSSR count). The van der Waals surface area contributed by atoms with E-state index in [0.717, 1.165) is 11.3 Å². The number of benzene rings is 1. The zero-order valence-corrected chi connectivity index (χ0v) is 9.61. The molecule has 0 saturated carbocycles. The summed E-state index contributed by atoms with van der Waals surface area (Å²) in [5, 5.41) is 11.1. The van der Waals surface area contributed by atoms with Gasteiger partial charge in [0.15, 0.2) is 5.82 Å². The Kier molecular flexibility index (Phi) is 2.53. The number of nitrogens with zero attached hydrogens (tertiary/aromatic N) is 4. The maximum Gasteiger partial charge on any atom is 0.203 e. The number of nitrogen functional groups attached to an aromatic ring is 1. The van der Waals surface area contributed by atoms with Crippen LogP contribution in [0, 0.1) is 0 Å². The molecular formula is C12H12N6. The molecule has 3 N–H and O–H groups in total. The van der Waals surface area contributed by atoms with Gasteiger partial charge >= 0.3 is 0 Å². The summed E-state index contributed by atoms with van der Waals surface area (Å²) in [6, 6.07) is 7.71. The maximum absolute atomic E-state index is 5.64. The molecule has 0 spiro atoms. The minimum Gasteiger partial charge on any atom is -0.399 e. The Morgan fingerprint density at radius 3 is 2.89 bits per heavy atom. The summed E-state index contributed by atoms with van der Waals surface area (Å²) in [7, 11) is 0. The van der Waals surface area contributed by atoms with Gasteiger partial charge < -0.3 is 11.1 Å². The number of nitrogens with one attached hydrogen (secondary N) is 1. The first-order valence-corrected chi connectivity index (χ1v) is 5.55. The van der Waals surface area contributed by atoms with Crippen molar-refractivity contribution in [1.29, 1.82) is 0 Å². The fraction of sp³-hybridized carbons (Fsp3) is 0.0833. The zero-order chi connectivity index (χ0) is 12.4. The lowest BCUT2D eigenvalue weighted by Crippen LogP contribution is -2.03. The minimum absolute atomic E-state index is 0.666. The van der Waals surface area contributed by atoms with Gasteiger partial charge in [-0.1, -0.05) is 12.1 Å². The Labute approximate surface area is 103 Å². The lowest BCUT2D eigenvalue weighted by atomic mass is 10.2. The van der Waals surface area contributed by atoms with Gasteiger partial charge in [-0.05, 0) is 17.7 Å². The van der Waals surface area contributed by atoms with Gasteiger partial charge in [0.2, 0.25) is 5.65 Å². The van der Waals surface area contributed by atoms with Crippen LogP contribution in [0.25, 0.3) is 5.65 Å². The first-order chi connectivity index (χ1) is 8.83. The van der Waals surface area contributed by atoms with Gasteiger partial charge in [0.25, 0.3) is 0 Å². The molecule has 2 heterocycles. The third kappa shape index (κ3) is 1.95. The van der Waals surface area contributed by atoms with Crippen LogP contribution in [0.5, 0.6) is 0 Å². The third-order valence-electron chi connectivity index (χ3n) is 2.66. The van der Waals surface area contributed by atoms with Crippen molar-refractivity contribution in [3.05, 3.63) is 48.5 Å². The average Bonchev–Trinajstić information content (AvgIpc) is 2.87. The average molecular weight is 240 g/mol. The van der Waals surface area contributed by atoms with Crippen LogP contribution in [0.3, 0.4) is 0 Å². The van der Waals surface area contributed by atoms with Gasteiger partial charge in [0.1, 0.15) is 6.33 Å². The first kappa shape index (κ1) is 10.5. The summed E-state index contributed by atoms with van der Waals surface area (Å²) in [6.07, 6.45) is 5.16. The summed E-state index contributed by atoms with van der Waals surface area (Å²) in [5.74, 6) is 0.715. The Hall–Kier alpha value is -2.63. The Morgan fingerprint density at radius 2 is 2.06 bits per heavy atom. The van der Waals surface area contributed by atoms with E-state index in [0.29, 0.717) is 18.0 Å². The van der Waals surface area contributed by atoms with Crippen LogP contribution in [0.15, 0.2) is 43.0 Å². The van der Waals surface area contributed by atoms with Gasteiger partial charge in [-0.15, -0.1) is 10.2 Å². The molecule has 90 valence electrons. The monoisotopic (exact) mass is 240 g/mol. The highest BCUT2D eigenvalue weighted by atomic mass is 15.2. The molecule has 6 heteroatoms. The first-order valence-electron chi connectivity index (χ1n) is 5.55. The van der Waals surface area contributed by atoms with Crippen LogP contribution >= 0.6 is 0 Å². The summed E-state index contributed by atoms with van der Waals surface area (Å²) in [4.78, 5) is 4.25. The lowest BCUT2D eigenvalue weighted by molar-refractivity contribution is 1.07. The van der Waals surface area contributed by atoms with Gasteiger partial charge in [-0.25, -0.2) is 4.98 Å². The SMILES string of the molecule is Nc1ccc(CNc2nccn3cnnc23)cc1. The largest absolute Gasteiger partial charge is 0.399 e. The van der Waals surface area contributed by atoms with Crippen molar-refractivity contribution in [2.45, 2.75) is 6.54 Å². The van der Waals surface area contributed by atoms with Crippen LogP contribution in [-0.2, 0) is 6.54 Å². The number of hydrogen-bond acceptors (Lipinski definition) is 5. The van der Waals surface area contributed by atoms with E-state index in [1.165, 1.54) is 0 Å². The molecule has 0 amide bonds. The van der Waals surface area contributed by atoms with E-state index in [-0.39, 0.29) is 0 Å². The van der Waals surface area contributed by atoms with Crippen molar-refractivity contribution in [2.75, 3.05) is 11.1 Å². The normalized spacial score (nSPS) is 10.7. The Morgan fingerprint density at radius 1 is 1.22 bits per heavy atom. The molecule has 1 aromatic carbocycles. The highest BCUT2D eigenvalue weighted by Crippen LogP contribution is 2.12. The van der Waals surface area contributed by atoms with E-state index < -0.39 is 0 Å². The number of aromatic nitrogens is 4. The van der Waals surface area contributed by atoms with Crippen LogP contribution in [0.2, 0.25) is 0 Å². The van der Waals surface area contributed by atoms with E-state index in [4.69, 9.17) is 5.73 Å². The second-order valence-corrected chi connectivity index (χ2v) is 3.93. The predicted octanol–water partition coefficient (Wildman–Crippen LogP) is 1.32. The minimum atomic E-state index is 0.666. The van der Waals surface area contributed by atoms with Crippen molar-refractivity contribution in [1.82, 2.24) is 19.6 Å². The second kappa shape index (κ2) is 4.33. The fourth-order valence-corrected chi connectivity index (χ4v) is 1.70. The molecule has 18 heavy (non-hydrogen) atoms. The van der Waals surface area contributed by atoms with Crippen molar-refractivity contribution < 1.29 is 0 Å². The molecule has 0 atom stereocenters. The fourth-order valence-electron chi connectivity index (χ4n) is 1.70. The van der Waals surface area contributed by atoms with Crippen molar-refractivity contribution in [2.24, 2.45) is 0 Å². The van der Waals surface area contributed by atoms with Crippen LogP contribution in [0.4, 0.5) is 11.5 Å². The van der Waals surface area contributed by atoms with Crippen molar-refractivity contribution in [3.8, 4) is 0 Å². The highest BCUT2D eigenvalue weighted by molar-refractivity contribution is 5.61. The molecule has 0 bridgehead atoms. The van der Waals surface area contributed by atoms with Gasteiger partial charge in [0, 0.05) is 24.6 Å². The van der Waals surface area contributed by atoms with Crippen LogP contribution < -0.4 is 11.1 Å². The van der Waals surface area contributed by atoms with Crippen LogP contribution in [-0.4, -0.2) is 19.6 Å². The van der Waals surface area contributed by atoms with E-state index >= 15 is 0 Å². The smallest absolute Gasteiger partial charge is 0.203 e. The molecule has 6 nitrogen and oxygen atoms in total. The summed E-state index contributed by atoms with van der Waals surface area (Å²) >= 11 is 0. The molecule has 0 radical (unpaired) electrons.